The van der Waals surface area contributed by atoms with Crippen molar-refractivity contribution < 1.29 is 14.7 Å². The molecule has 0 aliphatic heterocycles. The molecule has 0 spiro atoms. The summed E-state index contributed by atoms with van der Waals surface area (Å²) in [6.45, 7) is 1.81. The minimum absolute atomic E-state index is 0.0813. The van der Waals surface area contributed by atoms with Gasteiger partial charge in [-0.15, -0.1) is 22.7 Å². The number of rotatable bonds is 3. The zero-order valence-electron chi connectivity index (χ0n) is 9.19. The Kier molecular flexibility index (Phi) is 3.70. The number of amides is 1. The van der Waals surface area contributed by atoms with Crippen molar-refractivity contribution in [1.82, 2.24) is 0 Å². The molecule has 2 heterocycles. The monoisotopic (exact) mass is 301 g/mol. The number of hydrogen-bond donors (Lipinski definition) is 2. The van der Waals surface area contributed by atoms with Crippen LogP contribution >= 0.6 is 34.3 Å². The number of hydrogen-bond acceptors (Lipinski definition) is 4. The maximum Gasteiger partial charge on any atom is 0.338 e. The fraction of sp³-hybridized carbons (Fsp3) is 0.0909. The van der Waals surface area contributed by atoms with Gasteiger partial charge in [0, 0.05) is 0 Å². The summed E-state index contributed by atoms with van der Waals surface area (Å²) in [5.41, 5.74) is 0.911. The molecular weight excluding hydrogens is 294 g/mol. The number of carboxylic acid groups (broad SMARTS) is 1. The zero-order chi connectivity index (χ0) is 13.3. The second-order valence-electron chi connectivity index (χ2n) is 3.48. The van der Waals surface area contributed by atoms with E-state index >= 15 is 0 Å². The Hall–Kier alpha value is -1.37. The Labute approximate surface area is 116 Å². The SMILES string of the molecule is Cc1csc(C(=O)Nc2sccc2C(=O)O)c1Cl. The number of anilines is 1. The quantitative estimate of drug-likeness (QED) is 0.908. The highest BCUT2D eigenvalue weighted by molar-refractivity contribution is 7.15. The summed E-state index contributed by atoms with van der Waals surface area (Å²) >= 11 is 8.38. The van der Waals surface area contributed by atoms with E-state index in [-0.39, 0.29) is 11.5 Å². The highest BCUT2D eigenvalue weighted by atomic mass is 35.5. The highest BCUT2D eigenvalue weighted by Gasteiger charge is 2.18. The van der Waals surface area contributed by atoms with Crippen LogP contribution in [0.2, 0.25) is 5.02 Å². The lowest BCUT2D eigenvalue weighted by molar-refractivity contribution is 0.0698. The summed E-state index contributed by atoms with van der Waals surface area (Å²) < 4.78 is 0. The van der Waals surface area contributed by atoms with Crippen molar-refractivity contribution in [1.29, 1.82) is 0 Å². The molecule has 0 bridgehead atoms. The summed E-state index contributed by atoms with van der Waals surface area (Å²) in [6.07, 6.45) is 0. The molecular formula is C11H8ClNO3S2. The van der Waals surface area contributed by atoms with Gasteiger partial charge >= 0.3 is 5.97 Å². The molecule has 0 saturated heterocycles. The summed E-state index contributed by atoms with van der Waals surface area (Å²) in [5.74, 6) is -1.46. The average molecular weight is 302 g/mol. The van der Waals surface area contributed by atoms with Gasteiger partial charge in [-0.2, -0.15) is 0 Å². The third-order valence-electron chi connectivity index (χ3n) is 2.23. The molecule has 0 saturated carbocycles. The summed E-state index contributed by atoms with van der Waals surface area (Å²) in [6, 6.07) is 1.45. The number of nitrogens with one attached hydrogen (secondary N) is 1. The Morgan fingerprint density at radius 2 is 2.11 bits per heavy atom. The van der Waals surface area contributed by atoms with Gasteiger partial charge in [-0.05, 0) is 29.3 Å². The third kappa shape index (κ3) is 2.40. The third-order valence-corrected chi connectivity index (χ3v) is 4.75. The van der Waals surface area contributed by atoms with Crippen LogP contribution in [-0.4, -0.2) is 17.0 Å². The lowest BCUT2D eigenvalue weighted by Crippen LogP contribution is -2.12. The Bertz CT molecular complexity index is 618. The first-order chi connectivity index (χ1) is 8.50. The van der Waals surface area contributed by atoms with Crippen LogP contribution in [-0.2, 0) is 0 Å². The molecule has 0 atom stereocenters. The molecule has 4 nitrogen and oxygen atoms in total. The van der Waals surface area contributed by atoms with Crippen molar-refractivity contribution >= 4 is 51.2 Å². The van der Waals surface area contributed by atoms with Crippen LogP contribution in [0.25, 0.3) is 0 Å². The van der Waals surface area contributed by atoms with Crippen LogP contribution in [0.3, 0.4) is 0 Å². The van der Waals surface area contributed by atoms with Crippen molar-refractivity contribution in [3.05, 3.63) is 37.9 Å². The second kappa shape index (κ2) is 5.09. The van der Waals surface area contributed by atoms with Gasteiger partial charge in [-0.25, -0.2) is 4.79 Å². The van der Waals surface area contributed by atoms with E-state index in [1.165, 1.54) is 17.4 Å². The topological polar surface area (TPSA) is 66.4 Å². The number of carboxylic acids is 1. The summed E-state index contributed by atoms with van der Waals surface area (Å²) in [5, 5.41) is 15.6. The summed E-state index contributed by atoms with van der Waals surface area (Å²) in [7, 11) is 0. The molecule has 18 heavy (non-hydrogen) atoms. The molecule has 2 aromatic heterocycles. The van der Waals surface area contributed by atoms with Gasteiger partial charge in [0.25, 0.3) is 5.91 Å². The average Bonchev–Trinajstić information content (AvgIpc) is 2.88. The minimum Gasteiger partial charge on any atom is -0.478 e. The Balaban J connectivity index is 2.24. The van der Waals surface area contributed by atoms with Gasteiger partial charge in [-0.3, -0.25) is 4.79 Å². The highest BCUT2D eigenvalue weighted by Crippen LogP contribution is 2.29. The lowest BCUT2D eigenvalue weighted by Gasteiger charge is -2.02. The van der Waals surface area contributed by atoms with Gasteiger partial charge in [-0.1, -0.05) is 11.6 Å². The maximum absolute atomic E-state index is 11.9. The molecule has 2 N–H and O–H groups in total. The Morgan fingerprint density at radius 3 is 2.67 bits per heavy atom. The van der Waals surface area contributed by atoms with Crippen LogP contribution in [0, 0.1) is 6.92 Å². The number of aromatic carboxylic acids is 1. The van der Waals surface area contributed by atoms with Crippen LogP contribution in [0.5, 0.6) is 0 Å². The van der Waals surface area contributed by atoms with Crippen molar-refractivity contribution in [3.63, 3.8) is 0 Å². The van der Waals surface area contributed by atoms with E-state index in [4.69, 9.17) is 16.7 Å². The summed E-state index contributed by atoms with van der Waals surface area (Å²) in [4.78, 5) is 23.2. The normalized spacial score (nSPS) is 10.3. The largest absolute Gasteiger partial charge is 0.478 e. The van der Waals surface area contributed by atoms with Crippen molar-refractivity contribution in [3.8, 4) is 0 Å². The number of halogens is 1. The predicted octanol–water partition coefficient (Wildman–Crippen LogP) is 3.72. The van der Waals surface area contributed by atoms with Crippen molar-refractivity contribution in [2.45, 2.75) is 6.92 Å². The number of aryl methyl sites for hydroxylation is 1. The second-order valence-corrected chi connectivity index (χ2v) is 5.66. The van der Waals surface area contributed by atoms with Crippen LogP contribution in [0.1, 0.15) is 25.6 Å². The smallest absolute Gasteiger partial charge is 0.338 e. The molecule has 0 fully saturated rings. The molecule has 94 valence electrons. The first kappa shape index (κ1) is 13.1. The van der Waals surface area contributed by atoms with E-state index < -0.39 is 5.97 Å². The van der Waals surface area contributed by atoms with Gasteiger partial charge in [0.2, 0.25) is 0 Å². The molecule has 1 amide bonds. The number of carbonyl (C=O) groups is 2. The van der Waals surface area contributed by atoms with E-state index in [0.717, 1.165) is 16.9 Å². The predicted molar refractivity (Wildman–Crippen MR) is 73.3 cm³/mol. The first-order valence-electron chi connectivity index (χ1n) is 4.86. The number of thiophene rings is 2. The molecule has 0 aliphatic rings. The van der Waals surface area contributed by atoms with E-state index in [2.05, 4.69) is 5.32 Å². The molecule has 2 rings (SSSR count). The van der Waals surface area contributed by atoms with Crippen molar-refractivity contribution in [2.24, 2.45) is 0 Å². The minimum atomic E-state index is -1.07. The van der Waals surface area contributed by atoms with Gasteiger partial charge in [0.1, 0.15) is 9.88 Å². The molecule has 0 aliphatic carbocycles. The van der Waals surface area contributed by atoms with E-state index in [1.807, 2.05) is 6.92 Å². The van der Waals surface area contributed by atoms with E-state index in [9.17, 15) is 9.59 Å². The van der Waals surface area contributed by atoms with Crippen LogP contribution < -0.4 is 5.32 Å². The zero-order valence-corrected chi connectivity index (χ0v) is 11.6. The lowest BCUT2D eigenvalue weighted by atomic mass is 10.3. The molecule has 2 aromatic rings. The van der Waals surface area contributed by atoms with Gasteiger partial charge in [0.15, 0.2) is 0 Å². The van der Waals surface area contributed by atoms with Crippen molar-refractivity contribution in [2.75, 3.05) is 5.32 Å². The molecule has 0 aromatic carbocycles. The molecule has 7 heteroatoms. The number of carbonyl (C=O) groups excluding carboxylic acids is 1. The fourth-order valence-corrected chi connectivity index (χ4v) is 3.27. The maximum atomic E-state index is 11.9. The Morgan fingerprint density at radius 1 is 1.39 bits per heavy atom. The fourth-order valence-electron chi connectivity index (χ4n) is 1.32. The van der Waals surface area contributed by atoms with Gasteiger partial charge < -0.3 is 10.4 Å². The van der Waals surface area contributed by atoms with E-state index in [0.29, 0.717) is 14.9 Å². The van der Waals surface area contributed by atoms with E-state index in [1.54, 1.807) is 10.8 Å². The first-order valence-corrected chi connectivity index (χ1v) is 7.00. The standard InChI is InChI=1S/C11H8ClNO3S2/c1-5-4-18-8(7(5)12)9(14)13-10-6(11(15)16)2-3-17-10/h2-4H,1H3,(H,13,14)(H,15,16). The van der Waals surface area contributed by atoms with Gasteiger partial charge in [0.05, 0.1) is 10.6 Å². The molecule has 0 radical (unpaired) electrons. The molecule has 0 unspecified atom stereocenters. The van der Waals surface area contributed by atoms with Crippen LogP contribution in [0.4, 0.5) is 5.00 Å². The van der Waals surface area contributed by atoms with Crippen LogP contribution in [0.15, 0.2) is 16.8 Å².